The maximum atomic E-state index is 14.4. The second kappa shape index (κ2) is 7.51. The molecule has 9 atom stereocenters. The normalized spacial score (nSPS) is 47.4. The van der Waals surface area contributed by atoms with Crippen molar-refractivity contribution in [3.05, 3.63) is 0 Å². The van der Waals surface area contributed by atoms with Crippen LogP contribution in [0.25, 0.3) is 0 Å². The van der Waals surface area contributed by atoms with E-state index in [4.69, 9.17) is 0 Å². The molecule has 5 fully saturated rings. The van der Waals surface area contributed by atoms with Gasteiger partial charge in [0.1, 0.15) is 6.17 Å². The number of alkyl halides is 1. The molecular formula is C22H37FN4O. The lowest BCUT2D eigenvalue weighted by molar-refractivity contribution is -0.124. The highest BCUT2D eigenvalue weighted by Gasteiger charge is 2.50. The zero-order valence-electron chi connectivity index (χ0n) is 17.4. The molecule has 28 heavy (non-hydrogen) atoms. The zero-order valence-corrected chi connectivity index (χ0v) is 17.4. The number of nitrogens with zero attached hydrogens (tertiary/aromatic N) is 1. The highest BCUT2D eigenvalue weighted by molar-refractivity contribution is 5.82. The first-order valence-corrected chi connectivity index (χ1v) is 11.7. The monoisotopic (exact) mass is 392 g/mol. The molecule has 0 aromatic heterocycles. The molecule has 3 heterocycles. The summed E-state index contributed by atoms with van der Waals surface area (Å²) in [6.45, 7) is 5.69. The smallest absolute Gasteiger partial charge is 0.237 e. The van der Waals surface area contributed by atoms with E-state index >= 15 is 0 Å². The van der Waals surface area contributed by atoms with Crippen LogP contribution in [-0.4, -0.2) is 59.9 Å². The fraction of sp³-hybridized carbons (Fsp3) is 0.955. The van der Waals surface area contributed by atoms with Crippen molar-refractivity contribution in [1.82, 2.24) is 20.9 Å². The van der Waals surface area contributed by atoms with E-state index in [2.05, 4.69) is 34.7 Å². The van der Waals surface area contributed by atoms with E-state index in [-0.39, 0.29) is 30.0 Å². The quantitative estimate of drug-likeness (QED) is 0.686. The molecule has 0 bridgehead atoms. The Balaban J connectivity index is 1.25. The van der Waals surface area contributed by atoms with Gasteiger partial charge in [-0.1, -0.05) is 6.92 Å². The molecule has 3 aliphatic heterocycles. The van der Waals surface area contributed by atoms with Crippen LogP contribution in [0.2, 0.25) is 0 Å². The summed E-state index contributed by atoms with van der Waals surface area (Å²) in [4.78, 5) is 15.8. The van der Waals surface area contributed by atoms with Gasteiger partial charge in [-0.2, -0.15) is 0 Å². The van der Waals surface area contributed by atoms with Gasteiger partial charge in [-0.3, -0.25) is 15.0 Å². The van der Waals surface area contributed by atoms with Crippen molar-refractivity contribution in [3.8, 4) is 0 Å². The number of carbonyl (C=O) groups is 1. The van der Waals surface area contributed by atoms with Gasteiger partial charge in [0.2, 0.25) is 5.91 Å². The van der Waals surface area contributed by atoms with Crippen molar-refractivity contribution in [2.75, 3.05) is 6.54 Å². The number of rotatable bonds is 4. The number of amides is 1. The predicted octanol–water partition coefficient (Wildman–Crippen LogP) is 2.17. The molecule has 3 saturated heterocycles. The Morgan fingerprint density at radius 2 is 1.93 bits per heavy atom. The van der Waals surface area contributed by atoms with E-state index in [1.165, 1.54) is 38.6 Å². The minimum absolute atomic E-state index is 0.0105. The topological polar surface area (TPSA) is 56.4 Å². The largest absolute Gasteiger partial charge is 0.350 e. The van der Waals surface area contributed by atoms with Crippen molar-refractivity contribution in [3.63, 3.8) is 0 Å². The summed E-state index contributed by atoms with van der Waals surface area (Å²) in [5.41, 5.74) is 0. The number of hydrogen-bond acceptors (Lipinski definition) is 4. The van der Waals surface area contributed by atoms with Crippen molar-refractivity contribution >= 4 is 5.91 Å². The van der Waals surface area contributed by atoms with Crippen LogP contribution in [0.1, 0.15) is 65.2 Å². The Kier molecular flexibility index (Phi) is 5.17. The average Bonchev–Trinajstić information content (AvgIpc) is 3.34. The summed E-state index contributed by atoms with van der Waals surface area (Å²) in [7, 11) is 0. The maximum absolute atomic E-state index is 14.4. The van der Waals surface area contributed by atoms with Crippen LogP contribution in [0.4, 0.5) is 4.39 Å². The van der Waals surface area contributed by atoms with E-state index in [1.807, 2.05) is 0 Å². The minimum Gasteiger partial charge on any atom is -0.350 e. The van der Waals surface area contributed by atoms with Gasteiger partial charge < -0.3 is 10.6 Å². The Morgan fingerprint density at radius 3 is 2.64 bits per heavy atom. The van der Waals surface area contributed by atoms with E-state index < -0.39 is 6.17 Å². The lowest BCUT2D eigenvalue weighted by Gasteiger charge is -2.33. The molecule has 5 nitrogen and oxygen atoms in total. The summed E-state index contributed by atoms with van der Waals surface area (Å²) in [5.74, 6) is 1.17. The van der Waals surface area contributed by atoms with E-state index in [0.29, 0.717) is 42.9 Å². The van der Waals surface area contributed by atoms with Crippen LogP contribution in [0.5, 0.6) is 0 Å². The van der Waals surface area contributed by atoms with Gasteiger partial charge in [-0.25, -0.2) is 4.39 Å². The predicted molar refractivity (Wildman–Crippen MR) is 107 cm³/mol. The summed E-state index contributed by atoms with van der Waals surface area (Å²) >= 11 is 0. The van der Waals surface area contributed by atoms with Gasteiger partial charge in [0.05, 0.1) is 12.2 Å². The fourth-order valence-electron chi connectivity index (χ4n) is 6.61. The number of nitrogens with one attached hydrogen (secondary N) is 3. The Labute approximate surface area is 168 Å². The summed E-state index contributed by atoms with van der Waals surface area (Å²) in [6, 6.07) is 0.934. The second-order valence-electron chi connectivity index (χ2n) is 10.3. The molecule has 6 heteroatoms. The van der Waals surface area contributed by atoms with Gasteiger partial charge in [-0.15, -0.1) is 0 Å². The summed E-state index contributed by atoms with van der Waals surface area (Å²) < 4.78 is 14.4. The molecule has 5 rings (SSSR count). The van der Waals surface area contributed by atoms with Crippen LogP contribution in [0, 0.1) is 17.8 Å². The van der Waals surface area contributed by atoms with Crippen LogP contribution in [0.3, 0.4) is 0 Å². The average molecular weight is 393 g/mol. The standard InChI is InChI=1S/C22H37FN4O/c1-12-6-9-16(23)15-11-17(24-19(12)15)22(28)26-21(14-7-8-14)20-13(2)27-10-4-3-5-18(27)25-20/h12-21,24-25H,3-11H2,1-2H3,(H,26,28). The van der Waals surface area contributed by atoms with Gasteiger partial charge in [-0.05, 0) is 76.7 Å². The molecule has 2 aliphatic carbocycles. The lowest BCUT2D eigenvalue weighted by Crippen LogP contribution is -2.56. The molecule has 158 valence electrons. The summed E-state index contributed by atoms with van der Waals surface area (Å²) in [6.07, 6.45) is 8.20. The summed E-state index contributed by atoms with van der Waals surface area (Å²) in [5, 5.41) is 10.8. The van der Waals surface area contributed by atoms with Gasteiger partial charge in [0.15, 0.2) is 0 Å². The Bertz CT molecular complexity index is 581. The molecule has 5 aliphatic rings. The van der Waals surface area contributed by atoms with Crippen molar-refractivity contribution in [2.45, 2.75) is 108 Å². The zero-order chi connectivity index (χ0) is 19.4. The van der Waals surface area contributed by atoms with Crippen molar-refractivity contribution in [1.29, 1.82) is 0 Å². The SMILES string of the molecule is CC1CCC(F)C2CC(C(=O)NC(C3CC3)C3NC4CCCCN4C3C)NC12. The first kappa shape index (κ1) is 19.3. The highest BCUT2D eigenvalue weighted by atomic mass is 19.1. The molecule has 3 N–H and O–H groups in total. The van der Waals surface area contributed by atoms with E-state index in [1.54, 1.807) is 0 Å². The number of hydrogen-bond donors (Lipinski definition) is 3. The van der Waals surface area contributed by atoms with E-state index in [9.17, 15) is 9.18 Å². The van der Waals surface area contributed by atoms with Crippen molar-refractivity contribution in [2.24, 2.45) is 17.8 Å². The number of carbonyl (C=O) groups excluding carboxylic acids is 1. The first-order valence-electron chi connectivity index (χ1n) is 11.7. The number of fused-ring (bicyclic) bond motifs is 2. The lowest BCUT2D eigenvalue weighted by atomic mass is 9.77. The van der Waals surface area contributed by atoms with Gasteiger partial charge >= 0.3 is 0 Å². The molecule has 1 amide bonds. The van der Waals surface area contributed by atoms with Crippen LogP contribution >= 0.6 is 0 Å². The Morgan fingerprint density at radius 1 is 1.11 bits per heavy atom. The van der Waals surface area contributed by atoms with Crippen molar-refractivity contribution < 1.29 is 9.18 Å². The molecule has 0 aromatic carbocycles. The highest BCUT2D eigenvalue weighted by Crippen LogP contribution is 2.40. The Hall–Kier alpha value is -0.720. The van der Waals surface area contributed by atoms with Gasteiger partial charge in [0, 0.05) is 30.1 Å². The fourth-order valence-corrected chi connectivity index (χ4v) is 6.61. The third kappa shape index (κ3) is 3.39. The van der Waals surface area contributed by atoms with E-state index in [0.717, 1.165) is 6.42 Å². The van der Waals surface area contributed by atoms with Crippen LogP contribution < -0.4 is 16.0 Å². The number of piperidine rings is 1. The molecule has 0 aromatic rings. The molecular weight excluding hydrogens is 355 g/mol. The minimum atomic E-state index is -0.752. The molecule has 0 spiro atoms. The molecule has 2 saturated carbocycles. The molecule has 9 unspecified atom stereocenters. The second-order valence-corrected chi connectivity index (χ2v) is 10.3. The third-order valence-corrected chi connectivity index (χ3v) is 8.45. The maximum Gasteiger partial charge on any atom is 0.237 e. The van der Waals surface area contributed by atoms with Crippen LogP contribution in [-0.2, 0) is 4.79 Å². The third-order valence-electron chi connectivity index (χ3n) is 8.45. The van der Waals surface area contributed by atoms with Gasteiger partial charge in [0.25, 0.3) is 0 Å². The number of halogens is 1. The van der Waals surface area contributed by atoms with Crippen LogP contribution in [0.15, 0.2) is 0 Å². The first-order chi connectivity index (χ1) is 13.5. The molecule has 0 radical (unpaired) electrons.